The molecular formula is C12H16N8O8S. The molecule has 2 aliphatic heterocycles. The molecule has 3 heterocycles. The van der Waals surface area contributed by atoms with Crippen LogP contribution in [0.5, 0.6) is 0 Å². The molecular weight excluding hydrogens is 416 g/mol. The van der Waals surface area contributed by atoms with Gasteiger partial charge in [-0.1, -0.05) is 0 Å². The Hall–Kier alpha value is -3.18. The zero-order chi connectivity index (χ0) is 21.3. The average molecular weight is 432 g/mol. The Balaban J connectivity index is 1.54. The van der Waals surface area contributed by atoms with E-state index in [4.69, 9.17) is 10.3 Å². The van der Waals surface area contributed by atoms with E-state index in [1.54, 1.807) is 0 Å². The summed E-state index contributed by atoms with van der Waals surface area (Å²) in [4.78, 5) is 49.4. The molecule has 3 rings (SSSR count). The fourth-order valence-corrected chi connectivity index (χ4v) is 3.42. The van der Waals surface area contributed by atoms with Gasteiger partial charge in [0, 0.05) is 6.54 Å². The lowest BCUT2D eigenvalue weighted by molar-refractivity contribution is -0.129. The summed E-state index contributed by atoms with van der Waals surface area (Å²) < 4.78 is 34.8. The second-order valence-corrected chi connectivity index (χ2v) is 7.28. The molecule has 0 aromatic carbocycles. The van der Waals surface area contributed by atoms with Crippen molar-refractivity contribution >= 4 is 34.0 Å². The standard InChI is InChI=1S/C12H16N8O8S/c13-9(22)10-15-17-19(16-10)5-7(21)3-14-11(23)8-2-1-6-4-18(8)12(24)20(6)28-29(25,26)27/h6,8H,1-5H2,(H2,13,22)(H,14,23)(H,25,26,27)/t6-,8+/m1/s1. The Morgan fingerprint density at radius 3 is 2.66 bits per heavy atom. The Morgan fingerprint density at radius 1 is 1.31 bits per heavy atom. The van der Waals surface area contributed by atoms with Crippen LogP contribution in [0.3, 0.4) is 0 Å². The number of nitrogens with two attached hydrogens (primary N) is 1. The lowest BCUT2D eigenvalue weighted by Crippen LogP contribution is -2.50. The largest absolute Gasteiger partial charge is 0.418 e. The van der Waals surface area contributed by atoms with Gasteiger partial charge in [0.25, 0.3) is 11.7 Å². The molecule has 29 heavy (non-hydrogen) atoms. The predicted molar refractivity (Wildman–Crippen MR) is 87.7 cm³/mol. The Labute approximate surface area is 162 Å². The molecule has 4 amide bonds. The summed E-state index contributed by atoms with van der Waals surface area (Å²) in [5.74, 6) is -2.40. The first-order valence-electron chi connectivity index (χ1n) is 8.19. The molecule has 2 aliphatic rings. The van der Waals surface area contributed by atoms with Gasteiger partial charge in [0.2, 0.25) is 5.91 Å². The summed E-state index contributed by atoms with van der Waals surface area (Å²) in [6, 6.07) is -2.46. The SMILES string of the molecule is NC(=O)c1nnn(CC(=O)CNC(=O)[C@@H]2CC[C@@H]3CN2C(=O)N3OS(=O)(=O)O)n1. The molecule has 2 atom stereocenters. The maximum atomic E-state index is 12.4. The van der Waals surface area contributed by atoms with Crippen molar-refractivity contribution in [3.05, 3.63) is 5.82 Å². The quantitative estimate of drug-likeness (QED) is 0.341. The van der Waals surface area contributed by atoms with Crippen LogP contribution in [0.15, 0.2) is 0 Å². The summed E-state index contributed by atoms with van der Waals surface area (Å²) in [6.07, 6.45) is 0.455. The van der Waals surface area contributed by atoms with Gasteiger partial charge >= 0.3 is 16.4 Å². The topological polar surface area (TPSA) is 220 Å². The van der Waals surface area contributed by atoms with Crippen molar-refractivity contribution in [3.63, 3.8) is 0 Å². The highest BCUT2D eigenvalue weighted by Gasteiger charge is 2.49. The van der Waals surface area contributed by atoms with Gasteiger partial charge in [0.05, 0.1) is 12.6 Å². The molecule has 0 spiro atoms. The number of hydrogen-bond acceptors (Lipinski definition) is 10. The maximum absolute atomic E-state index is 12.4. The second kappa shape index (κ2) is 7.68. The van der Waals surface area contributed by atoms with E-state index in [0.717, 1.165) is 9.70 Å². The molecule has 2 bridgehead atoms. The number of rotatable bonds is 8. The highest BCUT2D eigenvalue weighted by Crippen LogP contribution is 2.30. The summed E-state index contributed by atoms with van der Waals surface area (Å²) in [6.45, 7) is -0.745. The van der Waals surface area contributed by atoms with Crippen LogP contribution in [0.4, 0.5) is 4.79 Å². The first-order valence-corrected chi connectivity index (χ1v) is 9.55. The summed E-state index contributed by atoms with van der Waals surface area (Å²) >= 11 is 0. The summed E-state index contributed by atoms with van der Waals surface area (Å²) in [7, 11) is -4.89. The fraction of sp³-hybridized carbons (Fsp3) is 0.583. The molecule has 158 valence electrons. The van der Waals surface area contributed by atoms with E-state index >= 15 is 0 Å². The maximum Gasteiger partial charge on any atom is 0.418 e. The predicted octanol–water partition coefficient (Wildman–Crippen LogP) is -3.54. The van der Waals surface area contributed by atoms with Crippen LogP contribution in [-0.2, 0) is 30.8 Å². The number of hydroxylamine groups is 2. The normalized spacial score (nSPS) is 21.3. The number of tetrazole rings is 1. The zero-order valence-corrected chi connectivity index (χ0v) is 15.5. The molecule has 2 saturated heterocycles. The van der Waals surface area contributed by atoms with E-state index in [0.29, 0.717) is 5.06 Å². The number of aromatic nitrogens is 4. The first-order chi connectivity index (χ1) is 13.5. The van der Waals surface area contributed by atoms with Gasteiger partial charge in [-0.25, -0.2) is 4.79 Å². The van der Waals surface area contributed by atoms with Crippen molar-refractivity contribution in [2.75, 3.05) is 13.1 Å². The smallest absolute Gasteiger partial charge is 0.363 e. The van der Waals surface area contributed by atoms with Gasteiger partial charge in [-0.3, -0.25) is 18.9 Å². The van der Waals surface area contributed by atoms with Crippen LogP contribution in [0.25, 0.3) is 0 Å². The molecule has 0 saturated carbocycles. The van der Waals surface area contributed by atoms with Gasteiger partial charge in [-0.05, 0) is 18.1 Å². The van der Waals surface area contributed by atoms with Gasteiger partial charge < -0.3 is 16.0 Å². The van der Waals surface area contributed by atoms with E-state index in [1.807, 2.05) is 0 Å². The number of urea groups is 1. The number of carbonyl (C=O) groups excluding carboxylic acids is 4. The van der Waals surface area contributed by atoms with Crippen LogP contribution in [0.1, 0.15) is 23.5 Å². The Morgan fingerprint density at radius 2 is 2.03 bits per heavy atom. The van der Waals surface area contributed by atoms with Crippen LogP contribution in [0.2, 0.25) is 0 Å². The molecule has 4 N–H and O–H groups in total. The van der Waals surface area contributed by atoms with E-state index in [9.17, 15) is 27.6 Å². The van der Waals surface area contributed by atoms with Crippen molar-refractivity contribution in [1.29, 1.82) is 0 Å². The molecule has 2 fully saturated rings. The van der Waals surface area contributed by atoms with E-state index in [-0.39, 0.29) is 31.8 Å². The highest BCUT2D eigenvalue weighted by atomic mass is 32.3. The number of piperidine rings is 1. The number of Topliss-reactive ketones (excluding diaryl/α,β-unsaturated/α-hetero) is 1. The van der Waals surface area contributed by atoms with Crippen LogP contribution >= 0.6 is 0 Å². The van der Waals surface area contributed by atoms with Crippen LogP contribution in [-0.4, -0.2) is 91.9 Å². The van der Waals surface area contributed by atoms with Gasteiger partial charge in [-0.2, -0.15) is 18.3 Å². The Bertz CT molecular complexity index is 961. The van der Waals surface area contributed by atoms with Crippen molar-refractivity contribution in [2.45, 2.75) is 31.5 Å². The molecule has 0 aliphatic carbocycles. The number of primary amides is 1. The zero-order valence-electron chi connectivity index (χ0n) is 14.7. The number of nitrogens with zero attached hydrogens (tertiary/aromatic N) is 6. The van der Waals surface area contributed by atoms with E-state index in [2.05, 4.69) is 25.0 Å². The van der Waals surface area contributed by atoms with Crippen molar-refractivity contribution in [1.82, 2.24) is 35.5 Å². The van der Waals surface area contributed by atoms with Crippen molar-refractivity contribution in [3.8, 4) is 0 Å². The molecule has 1 aromatic rings. The van der Waals surface area contributed by atoms with E-state index < -0.39 is 52.7 Å². The van der Waals surface area contributed by atoms with Crippen molar-refractivity contribution in [2.24, 2.45) is 5.73 Å². The van der Waals surface area contributed by atoms with Gasteiger partial charge in [0.1, 0.15) is 12.6 Å². The third-order valence-corrected chi connectivity index (χ3v) is 4.60. The highest BCUT2D eigenvalue weighted by molar-refractivity contribution is 7.80. The monoisotopic (exact) mass is 432 g/mol. The number of amides is 4. The minimum absolute atomic E-state index is 0.0269. The summed E-state index contributed by atoms with van der Waals surface area (Å²) in [5, 5.41) is 13.3. The summed E-state index contributed by atoms with van der Waals surface area (Å²) in [5.41, 5.74) is 4.97. The number of hydrogen-bond donors (Lipinski definition) is 3. The third-order valence-electron chi connectivity index (χ3n) is 4.25. The van der Waals surface area contributed by atoms with Gasteiger partial charge in [-0.15, -0.1) is 14.5 Å². The van der Waals surface area contributed by atoms with Crippen molar-refractivity contribution < 1.29 is 36.4 Å². The minimum atomic E-state index is -4.89. The molecule has 17 heteroatoms. The average Bonchev–Trinajstić information content (AvgIpc) is 3.18. The lowest BCUT2D eigenvalue weighted by Gasteiger charge is -2.29. The molecule has 16 nitrogen and oxygen atoms in total. The molecule has 1 aromatic heterocycles. The fourth-order valence-electron chi connectivity index (χ4n) is 3.03. The second-order valence-electron chi connectivity index (χ2n) is 6.27. The van der Waals surface area contributed by atoms with E-state index in [1.165, 1.54) is 0 Å². The van der Waals surface area contributed by atoms with Crippen LogP contribution < -0.4 is 11.1 Å². The number of nitrogens with one attached hydrogen (secondary N) is 1. The minimum Gasteiger partial charge on any atom is -0.363 e. The number of fused-ring (bicyclic) bond motifs is 2. The lowest BCUT2D eigenvalue weighted by atomic mass is 10.0. The Kier molecular flexibility index (Phi) is 5.44. The third kappa shape index (κ3) is 4.63. The van der Waals surface area contributed by atoms with Gasteiger partial charge in [0.15, 0.2) is 5.78 Å². The van der Waals surface area contributed by atoms with Crippen LogP contribution in [0, 0.1) is 0 Å². The molecule has 0 unspecified atom stereocenters. The number of ketones is 1. The molecule has 0 radical (unpaired) electrons. The first kappa shape index (κ1) is 20.6. The number of carbonyl (C=O) groups is 4.